The Kier molecular flexibility index (Phi) is 13.8. The Balaban J connectivity index is 0.000000156. The number of nitrogens with zero attached hydrogens (tertiary/aromatic N) is 7. The van der Waals surface area contributed by atoms with Crippen LogP contribution in [0.5, 0.6) is 0 Å². The number of fused-ring (bicyclic) bond motifs is 8. The van der Waals surface area contributed by atoms with Gasteiger partial charge in [0.1, 0.15) is 5.69 Å². The minimum Gasteiger partial charge on any atom is -0.573 e. The number of aromatic amines is 1. The van der Waals surface area contributed by atoms with Crippen molar-refractivity contribution in [1.29, 1.82) is 0 Å². The van der Waals surface area contributed by atoms with Crippen molar-refractivity contribution in [1.82, 2.24) is 40.3 Å². The van der Waals surface area contributed by atoms with Crippen LogP contribution >= 0.6 is 9.42 Å². The van der Waals surface area contributed by atoms with E-state index < -0.39 is 10.8 Å². The monoisotopic (exact) mass is 1140 g/mol. The molecule has 6 heterocycles. The Morgan fingerprint density at radius 3 is 1.38 bits per heavy atom. The molecule has 4 aliphatic rings. The number of halogens is 1. The molecule has 6 aromatic heterocycles. The predicted octanol–water partition coefficient (Wildman–Crippen LogP) is 13.8. The summed E-state index contributed by atoms with van der Waals surface area (Å²) >= 11 is 1.61. The molecule has 4 aromatic carbocycles. The van der Waals surface area contributed by atoms with E-state index in [1.54, 1.807) is 18.8 Å². The second-order valence-corrected chi connectivity index (χ2v) is 18.4. The van der Waals surface area contributed by atoms with Gasteiger partial charge in [0.2, 0.25) is 0 Å². The Morgan fingerprint density at radius 2 is 0.903 bits per heavy atom. The van der Waals surface area contributed by atoms with Gasteiger partial charge in [0.05, 0.1) is 16.5 Å². The van der Waals surface area contributed by atoms with Gasteiger partial charge in [-0.15, -0.1) is 0 Å². The molecule has 0 unspecified atom stereocenters. The zero-order valence-electron chi connectivity index (χ0n) is 38.3. The third-order valence-corrected chi connectivity index (χ3v) is 15.0. The molecule has 360 valence electrons. The fourth-order valence-electron chi connectivity index (χ4n) is 12.1. The molecular formula is C62H55ClN8Pt. The molecule has 4 aliphatic carbocycles. The third-order valence-electron chi connectivity index (χ3n) is 15.0. The van der Waals surface area contributed by atoms with Gasteiger partial charge < -0.3 is 10.2 Å². The van der Waals surface area contributed by atoms with E-state index in [9.17, 15) is 0 Å². The molecule has 0 atom stereocenters. The summed E-state index contributed by atoms with van der Waals surface area (Å²) in [6, 6.07) is 52.0. The molecule has 10 aromatic rings. The van der Waals surface area contributed by atoms with E-state index in [-0.39, 0.29) is 14.9 Å². The average molecular weight is 1140 g/mol. The molecule has 0 amide bonds. The number of nitrogens with one attached hydrogen (secondary N) is 1. The van der Waals surface area contributed by atoms with Gasteiger partial charge in [0, 0.05) is 59.8 Å². The summed E-state index contributed by atoms with van der Waals surface area (Å²) in [6.45, 7) is 0. The van der Waals surface area contributed by atoms with Gasteiger partial charge in [-0.05, 0) is 148 Å². The largest absolute Gasteiger partial charge is 0.573 e. The van der Waals surface area contributed by atoms with E-state index in [0.29, 0.717) is 0 Å². The van der Waals surface area contributed by atoms with Crippen molar-refractivity contribution in [2.45, 2.75) is 77.0 Å². The molecule has 8 nitrogen and oxygen atoms in total. The number of rotatable bonds is 6. The molecule has 0 radical (unpaired) electrons. The van der Waals surface area contributed by atoms with Crippen LogP contribution in [0.2, 0.25) is 0 Å². The molecule has 0 saturated heterocycles. The van der Waals surface area contributed by atoms with Crippen LogP contribution in [0, 0.1) is 0 Å². The van der Waals surface area contributed by atoms with Crippen LogP contribution in [0.15, 0.2) is 183 Å². The van der Waals surface area contributed by atoms with Gasteiger partial charge in [0.25, 0.3) is 0 Å². The van der Waals surface area contributed by atoms with Crippen molar-refractivity contribution < 1.29 is 18.8 Å². The van der Waals surface area contributed by atoms with Crippen molar-refractivity contribution in [2.75, 3.05) is 0 Å². The first-order chi connectivity index (χ1) is 34.7. The van der Waals surface area contributed by atoms with E-state index in [4.69, 9.17) is 9.97 Å². The van der Waals surface area contributed by atoms with Crippen LogP contribution in [0.4, 0.5) is 0 Å². The smallest absolute Gasteiger partial charge is 0.114 e. The van der Waals surface area contributed by atoms with Crippen molar-refractivity contribution in [3.63, 3.8) is 0 Å². The summed E-state index contributed by atoms with van der Waals surface area (Å²) < 4.78 is 0. The minimum atomic E-state index is -0.468. The second-order valence-electron chi connectivity index (χ2n) is 18.4. The van der Waals surface area contributed by atoms with Gasteiger partial charge in [-0.2, -0.15) is 5.10 Å². The maximum absolute atomic E-state index is 4.99. The summed E-state index contributed by atoms with van der Waals surface area (Å²) in [7, 11) is 4.61. The van der Waals surface area contributed by atoms with E-state index in [1.807, 2.05) is 49.3 Å². The van der Waals surface area contributed by atoms with E-state index in [1.165, 1.54) is 87.0 Å². The molecule has 0 bridgehead atoms. The first-order valence-electron chi connectivity index (χ1n) is 24.1. The van der Waals surface area contributed by atoms with Gasteiger partial charge in [0.15, 0.2) is 0 Å². The van der Waals surface area contributed by atoms with Gasteiger partial charge >= 0.3 is 28.2 Å². The maximum Gasteiger partial charge on any atom is 0.114 e. The predicted molar refractivity (Wildman–Crippen MR) is 285 cm³/mol. The van der Waals surface area contributed by atoms with Crippen LogP contribution in [-0.2, 0) is 55.3 Å². The summed E-state index contributed by atoms with van der Waals surface area (Å²) in [5, 5.41) is 16.9. The van der Waals surface area contributed by atoms with Gasteiger partial charge in [-0.25, -0.2) is 0 Å². The summed E-state index contributed by atoms with van der Waals surface area (Å²) in [4.78, 5) is 19.0. The van der Waals surface area contributed by atoms with Gasteiger partial charge in [-0.1, -0.05) is 142 Å². The number of aryl methyl sites for hydroxylation is 2. The van der Waals surface area contributed by atoms with Crippen LogP contribution in [0.3, 0.4) is 0 Å². The van der Waals surface area contributed by atoms with E-state index in [2.05, 4.69) is 173 Å². The standard InChI is InChI=1S/C30H24N4.C30H23N4.2CH4.ClH.Pt/c2*1-4-12-25-22(9-1)23-10-2-5-13-26(23)30(25,20-8-7-17-31-18-20)21-15-16-28(32-19-21)29-24-11-3-6-14-27(24)33-34-29;;;;/h1-2,4-5,7-10,12-13,15-19H,3,6,11,14H2,(H,33,34);1-2,4-5,7-10,12-13,15-19H,3,6,11,14H2;2*1H4;1H;/q;-1;;;;+2/p-1. The topological polar surface area (TPSA) is 107 Å². The van der Waals surface area contributed by atoms with Crippen molar-refractivity contribution in [2.24, 2.45) is 0 Å². The summed E-state index contributed by atoms with van der Waals surface area (Å²) in [6.07, 6.45) is 20.8. The zero-order valence-corrected chi connectivity index (χ0v) is 41.3. The molecule has 14 rings (SSSR count). The SMILES string of the molecule is C.C.[Cl][Pt+].c1cncc(C2(c3ccc(-c4[n-]nc5c4CCCC5)nc3)c3ccccc3-c3ccccc32)c1.c1cncc(C2(c3ccc(-c4n[nH]c5c4CCCC5)nc3)c3ccccc3-c3ccccc32)c1. The Labute approximate surface area is 437 Å². The molecule has 10 heteroatoms. The first-order valence-corrected chi connectivity index (χ1v) is 26.9. The number of aromatic nitrogens is 8. The number of hydrogen-bond donors (Lipinski definition) is 1. The zero-order chi connectivity index (χ0) is 47.1. The molecule has 0 aliphatic heterocycles. The fraction of sp³-hybridized carbons (Fsp3) is 0.194. The fourth-order valence-corrected chi connectivity index (χ4v) is 12.1. The van der Waals surface area contributed by atoms with Crippen LogP contribution in [-0.4, -0.2) is 35.2 Å². The number of pyridine rings is 4. The van der Waals surface area contributed by atoms with E-state index in [0.717, 1.165) is 76.4 Å². The molecule has 1 N–H and O–H groups in total. The molecule has 0 saturated carbocycles. The van der Waals surface area contributed by atoms with Crippen LogP contribution < -0.4 is 5.10 Å². The molecular weight excluding hydrogens is 1090 g/mol. The summed E-state index contributed by atoms with van der Waals surface area (Å²) in [5.41, 5.74) is 22.6. The van der Waals surface area contributed by atoms with Crippen molar-refractivity contribution in [3.05, 3.63) is 250 Å². The first kappa shape index (κ1) is 48.5. The number of benzene rings is 4. The molecule has 0 fully saturated rings. The third kappa shape index (κ3) is 7.70. The molecule has 0 spiro atoms. The van der Waals surface area contributed by atoms with Gasteiger partial charge in [-0.3, -0.25) is 25.0 Å². The van der Waals surface area contributed by atoms with E-state index >= 15 is 0 Å². The Hall–Kier alpha value is -7.12. The molecule has 72 heavy (non-hydrogen) atoms. The maximum atomic E-state index is 4.99. The quantitative estimate of drug-likeness (QED) is 0.177. The van der Waals surface area contributed by atoms with Crippen LogP contribution in [0.1, 0.15) is 108 Å². The normalized spacial score (nSPS) is 14.7. The Bertz CT molecular complexity index is 3150. The number of H-pyrrole nitrogens is 1. The Morgan fingerprint density at radius 1 is 0.458 bits per heavy atom. The minimum absolute atomic E-state index is 0. The van der Waals surface area contributed by atoms with Crippen LogP contribution in [0.25, 0.3) is 45.0 Å². The number of hydrogen-bond acceptors (Lipinski definition) is 6. The second kappa shape index (κ2) is 20.5. The average Bonchev–Trinajstić information content (AvgIpc) is 4.22. The van der Waals surface area contributed by atoms with Crippen molar-refractivity contribution in [3.8, 4) is 45.0 Å². The van der Waals surface area contributed by atoms with Crippen molar-refractivity contribution >= 4 is 9.42 Å². The summed E-state index contributed by atoms with van der Waals surface area (Å²) in [5.74, 6) is 0.